The molecule has 1 saturated heterocycles. The largest absolute Gasteiger partial charge is 0.345 e. The predicted molar refractivity (Wildman–Crippen MR) is 54.2 cm³/mol. The second-order valence-corrected chi connectivity index (χ2v) is 2.62. The molecule has 70 valence electrons. The van der Waals surface area contributed by atoms with Gasteiger partial charge in [-0.05, 0) is 0 Å². The van der Waals surface area contributed by atoms with Gasteiger partial charge in [0.25, 0.3) is 0 Å². The highest BCUT2D eigenvalue weighted by atomic mass is 31.1. The summed E-state index contributed by atoms with van der Waals surface area (Å²) in [5, 5.41) is 0. The van der Waals surface area contributed by atoms with Crippen molar-refractivity contribution in [2.24, 2.45) is 0 Å². The Morgan fingerprint density at radius 3 is 2.00 bits per heavy atom. The fourth-order valence-corrected chi connectivity index (χ4v) is 1.24. The van der Waals surface area contributed by atoms with E-state index >= 15 is 0 Å². The highest BCUT2D eigenvalue weighted by Crippen LogP contribution is 2.23. The minimum Gasteiger partial charge on any atom is -0.345 e. The Morgan fingerprint density at radius 2 is 1.82 bits per heavy atom. The van der Waals surface area contributed by atoms with Crippen molar-refractivity contribution in [3.63, 3.8) is 0 Å². The van der Waals surface area contributed by atoms with Crippen LogP contribution in [0.1, 0.15) is 34.6 Å². The minimum atomic E-state index is 0.633. The Labute approximate surface area is 73.2 Å². The van der Waals surface area contributed by atoms with Gasteiger partial charge in [-0.25, -0.2) is 0 Å². The first-order valence-corrected chi connectivity index (χ1v) is 5.41. The third-order valence-corrected chi connectivity index (χ3v) is 2.17. The maximum Gasteiger partial charge on any atom is 0.0890 e. The lowest BCUT2D eigenvalue weighted by molar-refractivity contribution is 0.397. The molecule has 0 aromatic carbocycles. The van der Waals surface area contributed by atoms with E-state index in [0.717, 1.165) is 19.7 Å². The van der Waals surface area contributed by atoms with Gasteiger partial charge in [0, 0.05) is 13.1 Å². The molecule has 0 spiro atoms. The van der Waals surface area contributed by atoms with Gasteiger partial charge in [0.2, 0.25) is 0 Å². The number of hydrogen-bond donors (Lipinski definition) is 0. The number of nitrogens with zero attached hydrogens (tertiary/aromatic N) is 1. The normalized spacial score (nSPS) is 18.3. The summed E-state index contributed by atoms with van der Waals surface area (Å²) in [7, 11) is 0.633. The van der Waals surface area contributed by atoms with E-state index in [-0.39, 0.29) is 0 Å². The van der Waals surface area contributed by atoms with E-state index in [1.807, 2.05) is 27.7 Å². The fraction of sp³-hybridized carbons (Fsp3) is 1.00. The first kappa shape index (κ1) is 13.9. The summed E-state index contributed by atoms with van der Waals surface area (Å²) in [6.45, 7) is 13.4. The van der Waals surface area contributed by atoms with Crippen molar-refractivity contribution in [1.29, 1.82) is 0 Å². The van der Waals surface area contributed by atoms with Crippen molar-refractivity contribution in [2.45, 2.75) is 34.6 Å². The Hall–Kier alpha value is 0.350. The number of hydrogen-bond acceptors (Lipinski definition) is 2. The van der Waals surface area contributed by atoms with Crippen LogP contribution in [0.4, 0.5) is 0 Å². The van der Waals surface area contributed by atoms with Crippen LogP contribution < -0.4 is 0 Å². The highest BCUT2D eigenvalue weighted by Gasteiger charge is 2.07. The molecule has 1 unspecified atom stereocenters. The van der Waals surface area contributed by atoms with Gasteiger partial charge in [0.05, 0.1) is 15.6 Å². The average Bonchev–Trinajstić information content (AvgIpc) is 2.63. The Balaban J connectivity index is 0. The van der Waals surface area contributed by atoms with Gasteiger partial charge in [-0.15, -0.1) is 0 Å². The molecule has 1 atom stereocenters. The zero-order chi connectivity index (χ0) is 9.11. The van der Waals surface area contributed by atoms with Crippen LogP contribution in [0.15, 0.2) is 0 Å². The molecule has 0 radical (unpaired) electrons. The van der Waals surface area contributed by atoms with Gasteiger partial charge < -0.3 is 4.52 Å². The lowest BCUT2D eigenvalue weighted by Gasteiger charge is -2.05. The van der Waals surface area contributed by atoms with E-state index in [9.17, 15) is 0 Å². The number of rotatable bonds is 1. The minimum absolute atomic E-state index is 0.633. The van der Waals surface area contributed by atoms with Crippen molar-refractivity contribution in [3.05, 3.63) is 0 Å². The zero-order valence-electron chi connectivity index (χ0n) is 8.48. The third-order valence-electron chi connectivity index (χ3n) is 1.04. The van der Waals surface area contributed by atoms with Gasteiger partial charge in [-0.3, -0.25) is 4.67 Å². The molecule has 0 saturated carbocycles. The molecule has 3 heteroatoms. The Morgan fingerprint density at radius 1 is 1.27 bits per heavy atom. The van der Waals surface area contributed by atoms with E-state index in [0.29, 0.717) is 8.96 Å². The van der Waals surface area contributed by atoms with E-state index < -0.39 is 0 Å². The molecule has 1 fully saturated rings. The van der Waals surface area contributed by atoms with Gasteiger partial charge >= 0.3 is 0 Å². The van der Waals surface area contributed by atoms with Crippen molar-refractivity contribution in [1.82, 2.24) is 4.67 Å². The summed E-state index contributed by atoms with van der Waals surface area (Å²) in [5.74, 6) is 0. The molecular weight excluding hydrogens is 157 g/mol. The van der Waals surface area contributed by atoms with Crippen LogP contribution in [-0.2, 0) is 4.52 Å². The molecule has 0 amide bonds. The fourth-order valence-electron chi connectivity index (χ4n) is 0.561. The van der Waals surface area contributed by atoms with Crippen LogP contribution in [0.5, 0.6) is 0 Å². The van der Waals surface area contributed by atoms with Gasteiger partial charge in [-0.1, -0.05) is 34.6 Å². The quantitative estimate of drug-likeness (QED) is 0.574. The van der Waals surface area contributed by atoms with Crippen molar-refractivity contribution >= 4 is 8.96 Å². The molecule has 0 aromatic heterocycles. The summed E-state index contributed by atoms with van der Waals surface area (Å²) in [6.07, 6.45) is 0. The maximum absolute atomic E-state index is 5.10. The second kappa shape index (κ2) is 13.0. The number of likely N-dealkylation sites (N-methyl/N-ethyl adjacent to an activating group) is 1. The average molecular weight is 179 g/mol. The molecule has 1 rings (SSSR count). The molecule has 0 N–H and O–H groups in total. The molecule has 1 aliphatic rings. The molecule has 0 bridgehead atoms. The zero-order valence-corrected chi connectivity index (χ0v) is 9.48. The summed E-state index contributed by atoms with van der Waals surface area (Å²) in [5.41, 5.74) is 0. The van der Waals surface area contributed by atoms with E-state index in [4.69, 9.17) is 4.52 Å². The lowest BCUT2D eigenvalue weighted by Crippen LogP contribution is -2.09. The summed E-state index contributed by atoms with van der Waals surface area (Å²) in [6, 6.07) is 0. The molecule has 0 aromatic rings. The predicted octanol–water partition coefficient (Wildman–Crippen LogP) is 2.90. The second-order valence-electron chi connectivity index (χ2n) is 1.52. The Bertz CT molecular complexity index is 56.1. The Kier molecular flexibility index (Phi) is 16.4. The standard InChI is InChI=1S/C4H10NOP.2C2H6/c1-2-5-3-4-6-7-5;2*1-2/h7H,2-4H2,1H3;2*1-2H3. The first-order valence-electron chi connectivity index (χ1n) is 4.56. The molecule has 1 aliphatic heterocycles. The topological polar surface area (TPSA) is 12.5 Å². The summed E-state index contributed by atoms with van der Waals surface area (Å²) in [4.78, 5) is 0. The molecule has 0 aliphatic carbocycles. The van der Waals surface area contributed by atoms with Crippen LogP contribution in [-0.4, -0.2) is 24.4 Å². The van der Waals surface area contributed by atoms with E-state index in [1.165, 1.54) is 0 Å². The van der Waals surface area contributed by atoms with Crippen LogP contribution in [0.3, 0.4) is 0 Å². The van der Waals surface area contributed by atoms with E-state index in [2.05, 4.69) is 11.6 Å². The summed E-state index contributed by atoms with van der Waals surface area (Å²) >= 11 is 0. The van der Waals surface area contributed by atoms with Crippen molar-refractivity contribution in [3.8, 4) is 0 Å². The van der Waals surface area contributed by atoms with Crippen molar-refractivity contribution < 1.29 is 4.52 Å². The van der Waals surface area contributed by atoms with Gasteiger partial charge in [0.15, 0.2) is 0 Å². The van der Waals surface area contributed by atoms with Gasteiger partial charge in [0.1, 0.15) is 0 Å². The third kappa shape index (κ3) is 8.25. The van der Waals surface area contributed by atoms with E-state index in [1.54, 1.807) is 0 Å². The maximum atomic E-state index is 5.10. The van der Waals surface area contributed by atoms with Gasteiger partial charge in [-0.2, -0.15) is 0 Å². The smallest absolute Gasteiger partial charge is 0.0890 e. The van der Waals surface area contributed by atoms with Crippen LogP contribution in [0, 0.1) is 0 Å². The molecule has 11 heavy (non-hydrogen) atoms. The van der Waals surface area contributed by atoms with Crippen LogP contribution in [0.25, 0.3) is 0 Å². The van der Waals surface area contributed by atoms with Crippen molar-refractivity contribution in [2.75, 3.05) is 19.7 Å². The molecule has 2 nitrogen and oxygen atoms in total. The molecular formula is C8H22NOP. The monoisotopic (exact) mass is 179 g/mol. The summed E-state index contributed by atoms with van der Waals surface area (Å²) < 4.78 is 7.39. The first-order chi connectivity index (χ1) is 5.43. The molecule has 1 heterocycles. The SMILES string of the molecule is CC.CC.CCN1CCOP1. The lowest BCUT2D eigenvalue weighted by atomic mass is 10.6. The van der Waals surface area contributed by atoms with Crippen LogP contribution in [0.2, 0.25) is 0 Å². The van der Waals surface area contributed by atoms with Crippen LogP contribution >= 0.6 is 8.96 Å². The highest BCUT2D eigenvalue weighted by molar-refractivity contribution is 7.29.